The van der Waals surface area contributed by atoms with Gasteiger partial charge in [-0.3, -0.25) is 47.4 Å². The number of aromatic amines is 1. The number of phenols is 1. The SMILES string of the molecule is CC[C@H](C)C1NC(=O)CNC(=O)[C@@H]2Cc3c([nH]c4cc(O)ccc34)S(=O)C[C@H](NC(=O)CNC1=O)C(=O)N[C@@H](CC(=O)O)C(=O)N1C[C@H](O)C[C@H]1C(=O)N[C@@H]([C@@H](C)[C@H](C)O)C(=O)N2. The molecule has 23 nitrogen and oxygen atoms in total. The van der Waals surface area contributed by atoms with E-state index in [0.717, 1.165) is 4.90 Å². The number of H-pyrrole nitrogens is 1. The molecule has 1 fully saturated rings. The van der Waals surface area contributed by atoms with Crippen molar-refractivity contribution in [1.29, 1.82) is 0 Å². The fraction of sp³-hybridized carbons (Fsp3) is 0.564. The first kappa shape index (κ1) is 47.9. The Bertz CT molecular complexity index is 2180. The molecule has 24 heteroatoms. The monoisotopic (exact) mass is 903 g/mol. The second-order valence-corrected chi connectivity index (χ2v) is 17.5. The minimum atomic E-state index is -2.38. The number of aromatic nitrogens is 1. The van der Waals surface area contributed by atoms with Gasteiger partial charge in [0.15, 0.2) is 0 Å². The molecule has 8 amide bonds. The predicted molar refractivity (Wildman–Crippen MR) is 219 cm³/mol. The predicted octanol–water partition coefficient (Wildman–Crippen LogP) is -4.29. The standard InChI is InChI=1S/C39H53N9O14S/c1-5-16(2)31-36(59)41-12-28(52)42-26-15-63(62)38-22(21-7-6-19(50)8-23(21)45-38)10-24(33(56)40-13-29(53)46-31)43-37(60)32(17(3)18(4)49)47-35(58)27-9-20(51)14-48(27)39(61)25(11-30(54)55)44-34(26)57/h6-8,16-18,20,24-27,31-32,45,49-51H,5,9-15H2,1-4H3,(H,40,56)(H,41,59)(H,42,52)(H,43,60)(H,44,57)(H,46,53)(H,47,58)(H,54,55)/t16-,17-,18-,20+,24-,25-,26-,27-,31?,32-,63?/m0/s1. The van der Waals surface area contributed by atoms with Crippen molar-refractivity contribution in [3.05, 3.63) is 23.8 Å². The van der Waals surface area contributed by atoms with Crippen LogP contribution in [0.3, 0.4) is 0 Å². The number of carboxylic acid groups (broad SMARTS) is 1. The first-order valence-corrected chi connectivity index (χ1v) is 21.7. The highest BCUT2D eigenvalue weighted by atomic mass is 32.2. The molecule has 344 valence electrons. The molecule has 0 radical (unpaired) electrons. The van der Waals surface area contributed by atoms with Crippen molar-refractivity contribution in [3.8, 4) is 5.75 Å². The number of carbonyl (C=O) groups excluding carboxylic acids is 8. The van der Waals surface area contributed by atoms with Gasteiger partial charge in [0, 0.05) is 36.8 Å². The van der Waals surface area contributed by atoms with Gasteiger partial charge in [0.2, 0.25) is 47.3 Å². The van der Waals surface area contributed by atoms with Crippen molar-refractivity contribution in [3.63, 3.8) is 0 Å². The van der Waals surface area contributed by atoms with E-state index in [2.05, 4.69) is 42.2 Å². The molecule has 3 aliphatic rings. The summed E-state index contributed by atoms with van der Waals surface area (Å²) in [5.41, 5.74) is 0.283. The molecule has 5 rings (SSSR count). The Morgan fingerprint density at radius 2 is 1.51 bits per heavy atom. The quantitative estimate of drug-likeness (QED) is 0.131. The number of nitrogens with zero attached hydrogens (tertiary/aromatic N) is 1. The molecule has 11 atom stereocenters. The number of hydrogen-bond acceptors (Lipinski definition) is 13. The third-order valence-corrected chi connectivity index (χ3v) is 12.9. The van der Waals surface area contributed by atoms with Crippen LogP contribution in [-0.4, -0.2) is 162 Å². The van der Waals surface area contributed by atoms with E-state index >= 15 is 0 Å². The molecule has 1 aromatic heterocycles. The number of carboxylic acids is 1. The molecule has 2 aromatic rings. The maximum atomic E-state index is 14.5. The van der Waals surface area contributed by atoms with E-state index in [0.29, 0.717) is 6.42 Å². The summed E-state index contributed by atoms with van der Waals surface area (Å²) >= 11 is 0. The summed E-state index contributed by atoms with van der Waals surface area (Å²) in [6.07, 6.45) is -4.17. The molecule has 2 unspecified atom stereocenters. The van der Waals surface area contributed by atoms with E-state index in [1.807, 2.05) is 0 Å². The van der Waals surface area contributed by atoms with Crippen molar-refractivity contribution in [2.75, 3.05) is 25.4 Å². The summed E-state index contributed by atoms with van der Waals surface area (Å²) in [4.78, 5) is 127. The highest BCUT2D eigenvalue weighted by molar-refractivity contribution is 7.85. The fourth-order valence-electron chi connectivity index (χ4n) is 7.56. The van der Waals surface area contributed by atoms with Crippen LogP contribution in [0.25, 0.3) is 10.9 Å². The van der Waals surface area contributed by atoms with Gasteiger partial charge in [-0.05, 0) is 30.5 Å². The fourth-order valence-corrected chi connectivity index (χ4v) is 8.96. The van der Waals surface area contributed by atoms with Gasteiger partial charge in [0.05, 0.1) is 53.8 Å². The lowest BCUT2D eigenvalue weighted by Gasteiger charge is -2.32. The number of rotatable bonds is 6. The first-order valence-electron chi connectivity index (χ1n) is 20.3. The summed E-state index contributed by atoms with van der Waals surface area (Å²) in [7, 11) is -2.38. The molecule has 0 saturated carbocycles. The second kappa shape index (κ2) is 20.4. The molecular weight excluding hydrogens is 851 g/mol. The Kier molecular flexibility index (Phi) is 15.5. The van der Waals surface area contributed by atoms with Gasteiger partial charge in [-0.25, -0.2) is 0 Å². The van der Waals surface area contributed by atoms with Gasteiger partial charge in [0.25, 0.3) is 0 Å². The average Bonchev–Trinajstić information content (AvgIpc) is 3.80. The molecule has 12 N–H and O–H groups in total. The van der Waals surface area contributed by atoms with Crippen LogP contribution in [0.1, 0.15) is 52.5 Å². The van der Waals surface area contributed by atoms with E-state index < -0.39 is 169 Å². The second-order valence-electron chi connectivity index (χ2n) is 16.1. The van der Waals surface area contributed by atoms with E-state index in [4.69, 9.17) is 0 Å². The zero-order chi connectivity index (χ0) is 46.4. The van der Waals surface area contributed by atoms with Crippen molar-refractivity contribution < 1.29 is 67.8 Å². The number of phenolic OH excluding ortho intramolecular Hbond substituents is 1. The van der Waals surface area contributed by atoms with Gasteiger partial charge in [-0.1, -0.05) is 27.2 Å². The van der Waals surface area contributed by atoms with E-state index in [9.17, 15) is 67.8 Å². The Morgan fingerprint density at radius 1 is 0.841 bits per heavy atom. The van der Waals surface area contributed by atoms with Crippen LogP contribution in [0.5, 0.6) is 5.75 Å². The smallest absolute Gasteiger partial charge is 0.305 e. The maximum absolute atomic E-state index is 14.5. The first-order chi connectivity index (χ1) is 29.7. The van der Waals surface area contributed by atoms with E-state index in [1.54, 1.807) is 13.8 Å². The molecule has 1 aromatic carbocycles. The number of nitrogens with one attached hydrogen (secondary N) is 8. The Balaban J connectivity index is 1.73. The lowest BCUT2D eigenvalue weighted by atomic mass is 9.94. The largest absolute Gasteiger partial charge is 0.508 e. The molecule has 4 heterocycles. The van der Waals surface area contributed by atoms with E-state index in [-0.39, 0.29) is 27.2 Å². The Morgan fingerprint density at radius 3 is 2.16 bits per heavy atom. The number of amides is 8. The van der Waals surface area contributed by atoms with Gasteiger partial charge in [-0.2, -0.15) is 0 Å². The van der Waals surface area contributed by atoms with Crippen LogP contribution < -0.4 is 37.2 Å². The van der Waals surface area contributed by atoms with Crippen LogP contribution in [0.15, 0.2) is 23.2 Å². The minimum absolute atomic E-state index is 0.101. The molecule has 1 saturated heterocycles. The van der Waals surface area contributed by atoms with E-state index in [1.165, 1.54) is 32.0 Å². The lowest BCUT2D eigenvalue weighted by molar-refractivity contribution is -0.146. The average molecular weight is 904 g/mol. The normalized spacial score (nSPS) is 28.8. The van der Waals surface area contributed by atoms with Crippen molar-refractivity contribution in [2.45, 2.75) is 107 Å². The number of carbonyl (C=O) groups is 9. The molecule has 63 heavy (non-hydrogen) atoms. The summed E-state index contributed by atoms with van der Waals surface area (Å²) in [5.74, 6) is -12.2. The zero-order valence-electron chi connectivity index (χ0n) is 34.9. The van der Waals surface area contributed by atoms with Gasteiger partial charge >= 0.3 is 5.97 Å². The number of hydrogen-bond donors (Lipinski definition) is 12. The van der Waals surface area contributed by atoms with Crippen molar-refractivity contribution in [1.82, 2.24) is 47.1 Å². The van der Waals surface area contributed by atoms with Gasteiger partial charge < -0.3 is 67.5 Å². The summed E-state index contributed by atoms with van der Waals surface area (Å²) in [6, 6.07) is -5.86. The van der Waals surface area contributed by atoms with Crippen LogP contribution in [0, 0.1) is 11.8 Å². The van der Waals surface area contributed by atoms with Crippen LogP contribution in [0.4, 0.5) is 0 Å². The number of aliphatic hydroxyl groups is 2. The summed E-state index contributed by atoms with van der Waals surface area (Å²) in [6.45, 7) is 4.12. The topological polar surface area (TPSA) is 355 Å². The summed E-state index contributed by atoms with van der Waals surface area (Å²) in [5, 5.41) is 58.7. The van der Waals surface area contributed by atoms with Crippen LogP contribution in [-0.2, 0) is 60.4 Å². The number of benzene rings is 1. The lowest BCUT2D eigenvalue weighted by Crippen LogP contribution is -2.62. The number of aliphatic carboxylic acids is 1. The van der Waals surface area contributed by atoms with Gasteiger partial charge in [0.1, 0.15) is 47.0 Å². The minimum Gasteiger partial charge on any atom is -0.508 e. The molecule has 2 bridgehead atoms. The maximum Gasteiger partial charge on any atom is 0.305 e. The summed E-state index contributed by atoms with van der Waals surface area (Å²) < 4.78 is 14.5. The Hall–Kier alpha value is -6.14. The molecule has 0 spiro atoms. The highest BCUT2D eigenvalue weighted by Crippen LogP contribution is 2.30. The molecule has 0 aliphatic carbocycles. The number of aliphatic hydroxyl groups excluding tert-OH is 2. The number of fused-ring (bicyclic) bond motifs is 5. The Labute approximate surface area is 362 Å². The highest BCUT2D eigenvalue weighted by Gasteiger charge is 2.45. The molecular formula is C39H53N9O14S. The third kappa shape index (κ3) is 11.5. The third-order valence-electron chi connectivity index (χ3n) is 11.5. The molecule has 3 aliphatic heterocycles. The van der Waals surface area contributed by atoms with Crippen molar-refractivity contribution in [2.24, 2.45) is 11.8 Å². The zero-order valence-corrected chi connectivity index (χ0v) is 35.7. The van der Waals surface area contributed by atoms with Crippen LogP contribution >= 0.6 is 0 Å². The number of aromatic hydroxyl groups is 1. The van der Waals surface area contributed by atoms with Gasteiger partial charge in [-0.15, -0.1) is 0 Å². The van der Waals surface area contributed by atoms with Crippen molar-refractivity contribution >= 4 is 74.9 Å². The van der Waals surface area contributed by atoms with Crippen LogP contribution in [0.2, 0.25) is 0 Å².